The topological polar surface area (TPSA) is 92.7 Å². The lowest BCUT2D eigenvalue weighted by Crippen LogP contribution is -2.41. The Morgan fingerprint density at radius 3 is 2.60 bits per heavy atom. The van der Waals surface area contributed by atoms with Crippen LogP contribution < -0.4 is 10.1 Å². The molecule has 0 bridgehead atoms. The van der Waals surface area contributed by atoms with Gasteiger partial charge in [-0.25, -0.2) is 4.79 Å². The summed E-state index contributed by atoms with van der Waals surface area (Å²) < 4.78 is 5.00. The van der Waals surface area contributed by atoms with E-state index >= 15 is 0 Å². The number of ketones is 1. The van der Waals surface area contributed by atoms with Crippen LogP contribution in [0.3, 0.4) is 0 Å². The number of Topliss-reactive ketones (excluding diaryl/α,β-unsaturated/α-hetero) is 1. The van der Waals surface area contributed by atoms with Crippen molar-refractivity contribution in [1.29, 1.82) is 0 Å². The number of carbonyl (C=O) groups is 3. The van der Waals surface area contributed by atoms with E-state index in [2.05, 4.69) is 5.32 Å². The van der Waals surface area contributed by atoms with Crippen LogP contribution in [0.2, 0.25) is 0 Å². The molecule has 0 fully saturated rings. The summed E-state index contributed by atoms with van der Waals surface area (Å²) in [6.45, 7) is 1.61. The monoisotopic (exact) mass is 279 g/mol. The van der Waals surface area contributed by atoms with Crippen LogP contribution >= 0.6 is 0 Å². The number of amides is 1. The highest BCUT2D eigenvalue weighted by Gasteiger charge is 2.23. The Bertz CT molecular complexity index is 512. The minimum Gasteiger partial charge on any atom is -0.497 e. The highest BCUT2D eigenvalue weighted by atomic mass is 16.5. The van der Waals surface area contributed by atoms with Crippen LogP contribution in [-0.4, -0.2) is 35.9 Å². The number of hydrogen-bond donors (Lipinski definition) is 2. The van der Waals surface area contributed by atoms with Crippen molar-refractivity contribution in [3.05, 3.63) is 29.8 Å². The molecule has 0 radical (unpaired) electrons. The van der Waals surface area contributed by atoms with Crippen molar-refractivity contribution in [3.8, 4) is 5.75 Å². The predicted octanol–water partition coefficient (Wildman–Crippen LogP) is 1.25. The molecule has 0 aliphatic carbocycles. The van der Waals surface area contributed by atoms with Crippen LogP contribution in [0.1, 0.15) is 30.1 Å². The van der Waals surface area contributed by atoms with Crippen molar-refractivity contribution in [2.24, 2.45) is 0 Å². The van der Waals surface area contributed by atoms with Gasteiger partial charge in [0.05, 0.1) is 7.11 Å². The van der Waals surface area contributed by atoms with Crippen LogP contribution in [-0.2, 0) is 9.59 Å². The zero-order valence-corrected chi connectivity index (χ0v) is 11.4. The molecular weight excluding hydrogens is 262 g/mol. The number of carboxylic acids is 1. The van der Waals surface area contributed by atoms with E-state index in [9.17, 15) is 14.4 Å². The SMILES string of the molecule is CCC(=O)N[C@H](CC(=O)c1cccc(OC)c1)C(=O)O. The van der Waals surface area contributed by atoms with E-state index < -0.39 is 17.9 Å². The first-order valence-electron chi connectivity index (χ1n) is 6.17. The third kappa shape index (κ3) is 4.38. The first kappa shape index (κ1) is 15.7. The molecule has 2 N–H and O–H groups in total. The normalized spacial score (nSPS) is 11.5. The van der Waals surface area contributed by atoms with Crippen LogP contribution in [0.15, 0.2) is 24.3 Å². The number of benzene rings is 1. The average Bonchev–Trinajstić information content (AvgIpc) is 2.46. The summed E-state index contributed by atoms with van der Waals surface area (Å²) in [6, 6.07) is 5.21. The molecule has 1 rings (SSSR count). The fourth-order valence-electron chi connectivity index (χ4n) is 1.60. The smallest absolute Gasteiger partial charge is 0.326 e. The van der Waals surface area contributed by atoms with Gasteiger partial charge in [0.2, 0.25) is 5.91 Å². The molecule has 1 aromatic carbocycles. The molecule has 0 saturated carbocycles. The fourth-order valence-corrected chi connectivity index (χ4v) is 1.60. The highest BCUT2D eigenvalue weighted by Crippen LogP contribution is 2.14. The van der Waals surface area contributed by atoms with Crippen molar-refractivity contribution >= 4 is 17.7 Å². The number of methoxy groups -OCH3 is 1. The van der Waals surface area contributed by atoms with Crippen LogP contribution in [0.25, 0.3) is 0 Å². The number of rotatable bonds is 7. The molecule has 0 aliphatic rings. The summed E-state index contributed by atoms with van der Waals surface area (Å²) in [6.07, 6.45) is -0.134. The Morgan fingerprint density at radius 1 is 1.35 bits per heavy atom. The number of nitrogens with one attached hydrogen (secondary N) is 1. The Hall–Kier alpha value is -2.37. The van der Waals surface area contributed by atoms with Crippen LogP contribution in [0.5, 0.6) is 5.75 Å². The second kappa shape index (κ2) is 7.28. The predicted molar refractivity (Wildman–Crippen MR) is 71.8 cm³/mol. The van der Waals surface area contributed by atoms with Crippen molar-refractivity contribution < 1.29 is 24.2 Å². The molecule has 108 valence electrons. The molecule has 20 heavy (non-hydrogen) atoms. The summed E-state index contributed by atoms with van der Waals surface area (Å²) in [7, 11) is 1.48. The molecule has 6 nitrogen and oxygen atoms in total. The van der Waals surface area contributed by atoms with Gasteiger partial charge in [-0.15, -0.1) is 0 Å². The number of carbonyl (C=O) groups excluding carboxylic acids is 2. The molecule has 1 atom stereocenters. The lowest BCUT2D eigenvalue weighted by atomic mass is 10.0. The Labute approximate surface area is 116 Å². The molecule has 1 amide bonds. The second-order valence-electron chi connectivity index (χ2n) is 4.17. The summed E-state index contributed by atoms with van der Waals surface area (Å²) in [4.78, 5) is 34.3. The molecule has 6 heteroatoms. The zero-order chi connectivity index (χ0) is 15.1. The molecule has 0 aromatic heterocycles. The molecular formula is C14H17NO5. The van der Waals surface area contributed by atoms with Crippen molar-refractivity contribution in [2.75, 3.05) is 7.11 Å². The molecule has 0 unspecified atom stereocenters. The van der Waals surface area contributed by atoms with E-state index in [1.165, 1.54) is 13.2 Å². The van der Waals surface area contributed by atoms with Gasteiger partial charge in [0, 0.05) is 18.4 Å². The van der Waals surface area contributed by atoms with Gasteiger partial charge in [-0.2, -0.15) is 0 Å². The Kier molecular flexibility index (Phi) is 5.71. The van der Waals surface area contributed by atoms with E-state index in [0.29, 0.717) is 11.3 Å². The van der Waals surface area contributed by atoms with Gasteiger partial charge in [0.25, 0.3) is 0 Å². The van der Waals surface area contributed by atoms with E-state index in [1.807, 2.05) is 0 Å². The second-order valence-corrected chi connectivity index (χ2v) is 4.17. The van der Waals surface area contributed by atoms with E-state index in [0.717, 1.165) is 0 Å². The van der Waals surface area contributed by atoms with Crippen LogP contribution in [0, 0.1) is 0 Å². The van der Waals surface area contributed by atoms with Gasteiger partial charge in [-0.1, -0.05) is 19.1 Å². The number of ether oxygens (including phenoxy) is 1. The quantitative estimate of drug-likeness (QED) is 0.733. The zero-order valence-electron chi connectivity index (χ0n) is 11.4. The van der Waals surface area contributed by atoms with Gasteiger partial charge in [0.1, 0.15) is 11.8 Å². The molecule has 1 aromatic rings. The maximum Gasteiger partial charge on any atom is 0.326 e. The van der Waals surface area contributed by atoms with Crippen molar-refractivity contribution in [2.45, 2.75) is 25.8 Å². The first-order valence-corrected chi connectivity index (χ1v) is 6.17. The van der Waals surface area contributed by atoms with Gasteiger partial charge < -0.3 is 15.2 Å². The van der Waals surface area contributed by atoms with Crippen molar-refractivity contribution in [1.82, 2.24) is 5.32 Å². The van der Waals surface area contributed by atoms with E-state index in [4.69, 9.17) is 9.84 Å². The number of hydrogen-bond acceptors (Lipinski definition) is 4. The molecule has 0 spiro atoms. The third-order valence-corrected chi connectivity index (χ3v) is 2.74. The fraction of sp³-hybridized carbons (Fsp3) is 0.357. The number of aliphatic carboxylic acids is 1. The van der Waals surface area contributed by atoms with Gasteiger partial charge in [-0.05, 0) is 12.1 Å². The summed E-state index contributed by atoms with van der Waals surface area (Å²) in [5.74, 6) is -1.49. The third-order valence-electron chi connectivity index (χ3n) is 2.74. The number of carboxylic acid groups (broad SMARTS) is 1. The lowest BCUT2D eigenvalue weighted by molar-refractivity contribution is -0.141. The minimum atomic E-state index is -1.23. The molecule has 0 saturated heterocycles. The minimum absolute atomic E-state index is 0.164. The highest BCUT2D eigenvalue weighted by molar-refractivity contribution is 5.99. The maximum atomic E-state index is 12.0. The van der Waals surface area contributed by atoms with E-state index in [1.54, 1.807) is 25.1 Å². The average molecular weight is 279 g/mol. The maximum absolute atomic E-state index is 12.0. The van der Waals surface area contributed by atoms with Gasteiger partial charge in [0.15, 0.2) is 5.78 Å². The standard InChI is InChI=1S/C14H17NO5/c1-3-13(17)15-11(14(18)19)8-12(16)9-5-4-6-10(7-9)20-2/h4-7,11H,3,8H2,1-2H3,(H,15,17)(H,18,19)/t11-/m1/s1. The largest absolute Gasteiger partial charge is 0.497 e. The first-order chi connectivity index (χ1) is 9.47. The van der Waals surface area contributed by atoms with Gasteiger partial charge in [-0.3, -0.25) is 9.59 Å². The summed E-state index contributed by atoms with van der Waals surface area (Å²) in [5.41, 5.74) is 0.348. The van der Waals surface area contributed by atoms with E-state index in [-0.39, 0.29) is 18.6 Å². The Balaban J connectivity index is 2.79. The van der Waals surface area contributed by atoms with Crippen molar-refractivity contribution in [3.63, 3.8) is 0 Å². The lowest BCUT2D eigenvalue weighted by Gasteiger charge is -2.13. The van der Waals surface area contributed by atoms with Gasteiger partial charge >= 0.3 is 5.97 Å². The summed E-state index contributed by atoms with van der Waals surface area (Å²) in [5, 5.41) is 11.3. The molecule has 0 heterocycles. The van der Waals surface area contributed by atoms with Crippen LogP contribution in [0.4, 0.5) is 0 Å². The summed E-state index contributed by atoms with van der Waals surface area (Å²) >= 11 is 0. The Morgan fingerprint density at radius 2 is 2.05 bits per heavy atom. The molecule has 0 aliphatic heterocycles.